The fraction of sp³-hybridized carbons (Fsp3) is 0.514. The van der Waals surface area contributed by atoms with Crippen molar-refractivity contribution in [2.75, 3.05) is 33.2 Å². The van der Waals surface area contributed by atoms with Gasteiger partial charge in [0.1, 0.15) is 21.2 Å². The molecule has 0 bridgehead atoms. The van der Waals surface area contributed by atoms with Gasteiger partial charge < -0.3 is 20.9 Å². The number of likely N-dealkylation sites (tertiary alicyclic amines) is 1. The van der Waals surface area contributed by atoms with E-state index < -0.39 is 42.9 Å². The van der Waals surface area contributed by atoms with E-state index in [1.54, 1.807) is 90.1 Å². The molecule has 2 aromatic rings. The van der Waals surface area contributed by atoms with Crippen molar-refractivity contribution in [3.05, 3.63) is 83.2 Å². The second-order valence-electron chi connectivity index (χ2n) is 15.5. The van der Waals surface area contributed by atoms with Crippen molar-refractivity contribution in [2.45, 2.75) is 90.4 Å². The van der Waals surface area contributed by atoms with E-state index in [0.29, 0.717) is 11.1 Å². The maximum atomic E-state index is 13.3. The predicted octanol–water partition coefficient (Wildman–Crippen LogP) is 3.68. The van der Waals surface area contributed by atoms with Crippen LogP contribution in [-0.2, 0) is 29.6 Å². The van der Waals surface area contributed by atoms with Gasteiger partial charge in [0.15, 0.2) is 0 Å². The quantitative estimate of drug-likeness (QED) is 0.401. The first kappa shape index (κ1) is 38.5. The Bertz CT molecular complexity index is 1880. The third kappa shape index (κ3) is 8.03. The average molecular weight is 741 g/mol. The summed E-state index contributed by atoms with van der Waals surface area (Å²) in [6.45, 7) is 14.0. The Morgan fingerprint density at radius 1 is 0.608 bits per heavy atom. The summed E-state index contributed by atoms with van der Waals surface area (Å²) in [4.78, 5) is 28.6. The van der Waals surface area contributed by atoms with Crippen molar-refractivity contribution in [1.82, 2.24) is 29.5 Å². The molecule has 3 N–H and O–H groups in total. The molecule has 14 heteroatoms. The van der Waals surface area contributed by atoms with Gasteiger partial charge in [0.25, 0.3) is 31.9 Å². The molecule has 2 saturated heterocycles. The van der Waals surface area contributed by atoms with Crippen LogP contribution in [0, 0.1) is 0 Å². The van der Waals surface area contributed by atoms with Crippen molar-refractivity contribution < 1.29 is 26.4 Å². The fourth-order valence-electron chi connectivity index (χ4n) is 6.93. The van der Waals surface area contributed by atoms with Crippen LogP contribution < -0.4 is 16.0 Å². The molecule has 6 rings (SSSR count). The molecule has 51 heavy (non-hydrogen) atoms. The molecular formula is C37H52N6O6S2. The Labute approximate surface area is 303 Å². The number of benzene rings is 2. The highest BCUT2D eigenvalue weighted by atomic mass is 32.2. The minimum Gasteiger partial charge on any atom is -0.377 e. The van der Waals surface area contributed by atoms with Crippen molar-refractivity contribution in [2.24, 2.45) is 0 Å². The largest absolute Gasteiger partial charge is 0.377 e. The van der Waals surface area contributed by atoms with E-state index in [1.165, 1.54) is 0 Å². The van der Waals surface area contributed by atoms with Gasteiger partial charge in [-0.3, -0.25) is 9.59 Å². The molecule has 4 aliphatic rings. The number of rotatable bonds is 6. The highest BCUT2D eigenvalue weighted by molar-refractivity contribution is 8.00. The Morgan fingerprint density at radius 3 is 1.31 bits per heavy atom. The Kier molecular flexibility index (Phi) is 11.1. The Morgan fingerprint density at radius 2 is 0.961 bits per heavy atom. The highest BCUT2D eigenvalue weighted by Gasteiger charge is 2.51. The molecular weight excluding hydrogens is 689 g/mol. The first-order valence-electron chi connectivity index (χ1n) is 17.6. The highest BCUT2D eigenvalue weighted by Crippen LogP contribution is 2.40. The molecule has 4 aliphatic heterocycles. The monoisotopic (exact) mass is 740 g/mol. The number of carbonyl (C=O) groups excluding carboxylic acids is 2. The number of hydrogen-bond acceptors (Lipinski definition) is 10. The van der Waals surface area contributed by atoms with Crippen LogP contribution in [-0.4, -0.2) is 98.5 Å². The zero-order valence-corrected chi connectivity index (χ0v) is 32.3. The van der Waals surface area contributed by atoms with Gasteiger partial charge in [0.2, 0.25) is 0 Å². The molecule has 0 atom stereocenters. The lowest BCUT2D eigenvalue weighted by atomic mass is 10.0. The van der Waals surface area contributed by atoms with Crippen molar-refractivity contribution >= 4 is 41.7 Å². The van der Waals surface area contributed by atoms with E-state index >= 15 is 0 Å². The van der Waals surface area contributed by atoms with Gasteiger partial charge in [-0.1, -0.05) is 60.7 Å². The van der Waals surface area contributed by atoms with Gasteiger partial charge >= 0.3 is 0 Å². The predicted molar refractivity (Wildman–Crippen MR) is 200 cm³/mol. The number of nitrogens with zero attached hydrogens (tertiary/aromatic N) is 3. The lowest BCUT2D eigenvalue weighted by Crippen LogP contribution is -2.48. The third-order valence-corrected chi connectivity index (χ3v) is 13.6. The van der Waals surface area contributed by atoms with Crippen LogP contribution in [0.1, 0.15) is 78.4 Å². The smallest absolute Gasteiger partial charge is 0.285 e. The number of carbonyl (C=O) groups is 2. The lowest BCUT2D eigenvalue weighted by Gasteiger charge is -2.32. The van der Waals surface area contributed by atoms with Crippen LogP contribution in [0.15, 0.2) is 72.1 Å². The van der Waals surface area contributed by atoms with E-state index in [1.807, 2.05) is 12.1 Å². The Hall–Kier alpha value is -3.72. The summed E-state index contributed by atoms with van der Waals surface area (Å²) >= 11 is 0. The SMILES string of the molecule is CC(C)(C)N1C(=O)C(NC2CCNCC2)=C(c2ccccc2)S1(=O)=O.CN1CCC(NC2=C(c3ccccc3)S(=O)(=O)N(C(C)(C)C)C2=O)CC1. The van der Waals surface area contributed by atoms with Crippen molar-refractivity contribution in [3.63, 3.8) is 0 Å². The second-order valence-corrected chi connectivity index (χ2v) is 19.0. The summed E-state index contributed by atoms with van der Waals surface area (Å²) in [6.07, 6.45) is 3.47. The maximum absolute atomic E-state index is 13.3. The van der Waals surface area contributed by atoms with Gasteiger partial charge in [-0.15, -0.1) is 0 Å². The van der Waals surface area contributed by atoms with E-state index in [4.69, 9.17) is 0 Å². The molecule has 0 aromatic heterocycles. The van der Waals surface area contributed by atoms with Crippen molar-refractivity contribution in [3.8, 4) is 0 Å². The summed E-state index contributed by atoms with van der Waals surface area (Å²) < 4.78 is 54.9. The number of sulfonamides is 2. The minimum atomic E-state index is -3.91. The zero-order valence-electron chi connectivity index (χ0n) is 30.7. The zero-order chi connectivity index (χ0) is 37.4. The molecule has 0 unspecified atom stereocenters. The standard InChI is InChI=1S/C19H27N3O3S.C18H25N3O3S/c1-19(2,3)22-18(23)16(20-15-10-12-21(4)13-11-15)17(26(22,24)25)14-8-6-5-7-9-14;1-18(2,3)21-17(22)15(20-14-9-11-19-12-10-14)16(25(21,23)24)13-7-5-4-6-8-13/h5-9,15,20H,10-13H2,1-4H3;4-8,14,19-20H,9-12H2,1-3H3. The van der Waals surface area contributed by atoms with Gasteiger partial charge in [-0.25, -0.2) is 25.4 Å². The van der Waals surface area contributed by atoms with Crippen LogP contribution in [0.25, 0.3) is 9.81 Å². The lowest BCUT2D eigenvalue weighted by molar-refractivity contribution is -0.126. The molecule has 0 saturated carbocycles. The second kappa shape index (κ2) is 14.7. The molecule has 4 heterocycles. The van der Waals surface area contributed by atoms with E-state index in [-0.39, 0.29) is 33.3 Å². The molecule has 0 radical (unpaired) electrons. The summed E-state index contributed by atoms with van der Waals surface area (Å²) in [5.74, 6) is -0.930. The van der Waals surface area contributed by atoms with Crippen LogP contribution in [0.3, 0.4) is 0 Å². The van der Waals surface area contributed by atoms with Crippen LogP contribution in [0.2, 0.25) is 0 Å². The maximum Gasteiger partial charge on any atom is 0.285 e. The molecule has 2 amide bonds. The molecule has 0 aliphatic carbocycles. The van der Waals surface area contributed by atoms with E-state index in [2.05, 4.69) is 27.9 Å². The van der Waals surface area contributed by atoms with Gasteiger partial charge in [-0.05, 0) is 112 Å². The topological polar surface area (TPSA) is 148 Å². The third-order valence-electron chi connectivity index (χ3n) is 9.29. The summed E-state index contributed by atoms with van der Waals surface area (Å²) in [6, 6.07) is 17.9. The summed E-state index contributed by atoms with van der Waals surface area (Å²) in [7, 11) is -5.74. The van der Waals surface area contributed by atoms with E-state index in [9.17, 15) is 26.4 Å². The first-order valence-corrected chi connectivity index (χ1v) is 20.4. The molecule has 2 aromatic carbocycles. The number of hydrogen-bond donors (Lipinski definition) is 3. The number of amides is 2. The summed E-state index contributed by atoms with van der Waals surface area (Å²) in [5, 5.41) is 9.79. The number of nitrogens with one attached hydrogen (secondary N) is 3. The summed E-state index contributed by atoms with van der Waals surface area (Å²) in [5.41, 5.74) is -0.157. The molecule has 278 valence electrons. The van der Waals surface area contributed by atoms with Crippen LogP contribution in [0.4, 0.5) is 0 Å². The molecule has 2 fully saturated rings. The van der Waals surface area contributed by atoms with Gasteiger partial charge in [0, 0.05) is 12.1 Å². The van der Waals surface area contributed by atoms with Crippen LogP contribution in [0.5, 0.6) is 0 Å². The fourth-order valence-corrected chi connectivity index (χ4v) is 11.0. The molecule has 12 nitrogen and oxygen atoms in total. The van der Waals surface area contributed by atoms with Gasteiger partial charge in [-0.2, -0.15) is 0 Å². The normalized spacial score (nSPS) is 21.9. The first-order chi connectivity index (χ1) is 23.8. The van der Waals surface area contributed by atoms with Gasteiger partial charge in [0.05, 0.1) is 11.1 Å². The van der Waals surface area contributed by atoms with E-state index in [0.717, 1.165) is 60.5 Å². The average Bonchev–Trinajstić information content (AvgIpc) is 3.39. The molecule has 0 spiro atoms. The minimum absolute atomic E-state index is 0.0894. The van der Waals surface area contributed by atoms with Crippen molar-refractivity contribution in [1.29, 1.82) is 0 Å². The number of piperidine rings is 2. The van der Waals surface area contributed by atoms with Crippen LogP contribution >= 0.6 is 0 Å². The Balaban J connectivity index is 0.000000198.